The van der Waals surface area contributed by atoms with Crippen LogP contribution < -0.4 is 4.74 Å². The maximum atomic E-state index is 10.9. The predicted octanol–water partition coefficient (Wildman–Crippen LogP) is 3.13. The summed E-state index contributed by atoms with van der Waals surface area (Å²) in [5.74, 6) is 0.792. The fraction of sp³-hybridized carbons (Fsp3) is 0.133. The largest absolute Gasteiger partial charge is 0.497 e. The molecule has 2 heterocycles. The van der Waals surface area contributed by atoms with Crippen LogP contribution in [0.25, 0.3) is 16.4 Å². The molecule has 1 aromatic carbocycles. The molecule has 3 rings (SSSR count). The van der Waals surface area contributed by atoms with Crippen LogP contribution in [0, 0.1) is 6.92 Å². The van der Waals surface area contributed by atoms with Crippen LogP contribution >= 0.6 is 11.3 Å². The Morgan fingerprint density at radius 1 is 1.38 bits per heavy atom. The van der Waals surface area contributed by atoms with Crippen molar-refractivity contribution in [2.75, 3.05) is 7.11 Å². The van der Waals surface area contributed by atoms with Gasteiger partial charge in [0.05, 0.1) is 30.3 Å². The highest BCUT2D eigenvalue weighted by Crippen LogP contribution is 2.27. The topological polar surface area (TPSA) is 57.0 Å². The van der Waals surface area contributed by atoms with Crippen molar-refractivity contribution in [3.8, 4) is 22.1 Å². The van der Waals surface area contributed by atoms with E-state index < -0.39 is 0 Å². The van der Waals surface area contributed by atoms with Crippen molar-refractivity contribution in [2.45, 2.75) is 6.92 Å². The maximum absolute atomic E-state index is 10.9. The molecule has 0 atom stereocenters. The Hall–Kier alpha value is -2.47. The average molecular weight is 299 g/mol. The number of aldehydes is 1. The second kappa shape index (κ2) is 5.49. The zero-order chi connectivity index (χ0) is 14.8. The van der Waals surface area contributed by atoms with E-state index in [-0.39, 0.29) is 0 Å². The average Bonchev–Trinajstić information content (AvgIpc) is 3.13. The fourth-order valence-electron chi connectivity index (χ4n) is 2.01. The Balaban J connectivity index is 1.99. The summed E-state index contributed by atoms with van der Waals surface area (Å²) in [7, 11) is 1.64. The minimum Gasteiger partial charge on any atom is -0.497 e. The van der Waals surface area contributed by atoms with Crippen LogP contribution in [0.3, 0.4) is 0 Å². The highest BCUT2D eigenvalue weighted by atomic mass is 32.1. The first kappa shape index (κ1) is 13.5. The molecule has 0 fully saturated rings. The van der Waals surface area contributed by atoms with Gasteiger partial charge < -0.3 is 4.74 Å². The van der Waals surface area contributed by atoms with Gasteiger partial charge in [0.1, 0.15) is 5.75 Å². The number of benzene rings is 1. The number of ether oxygens (including phenoxy) is 1. The van der Waals surface area contributed by atoms with Crippen LogP contribution in [0.15, 0.2) is 35.8 Å². The van der Waals surface area contributed by atoms with E-state index in [1.54, 1.807) is 18.0 Å². The monoisotopic (exact) mass is 299 g/mol. The van der Waals surface area contributed by atoms with Gasteiger partial charge in [0.25, 0.3) is 0 Å². The Morgan fingerprint density at radius 2 is 2.24 bits per heavy atom. The van der Waals surface area contributed by atoms with Gasteiger partial charge >= 0.3 is 0 Å². The number of rotatable bonds is 4. The standard InChI is InChI=1S/C15H13N3O2S/c1-10-12(8-19)7-16-18(10)15-17-14(9-21-15)11-4-3-5-13(6-11)20-2/h3-9H,1-2H3. The van der Waals surface area contributed by atoms with Crippen LogP contribution in [0.4, 0.5) is 0 Å². The van der Waals surface area contributed by atoms with Gasteiger partial charge in [-0.3, -0.25) is 4.79 Å². The number of aromatic nitrogens is 3. The first-order chi connectivity index (χ1) is 10.2. The SMILES string of the molecule is COc1cccc(-c2csc(-n3ncc(C=O)c3C)n2)c1. The molecule has 0 bridgehead atoms. The first-order valence-electron chi connectivity index (χ1n) is 6.33. The summed E-state index contributed by atoms with van der Waals surface area (Å²) in [5, 5.41) is 6.90. The predicted molar refractivity (Wildman–Crippen MR) is 81.3 cm³/mol. The lowest BCUT2D eigenvalue weighted by Gasteiger charge is -2.02. The maximum Gasteiger partial charge on any atom is 0.211 e. The molecule has 2 aromatic heterocycles. The molecule has 0 amide bonds. The number of carbonyl (C=O) groups excluding carboxylic acids is 1. The molecule has 0 aliphatic rings. The molecule has 0 saturated carbocycles. The Labute approximate surface area is 125 Å². The van der Waals surface area contributed by atoms with Crippen molar-refractivity contribution in [1.29, 1.82) is 0 Å². The lowest BCUT2D eigenvalue weighted by molar-refractivity contribution is 0.112. The van der Waals surface area contributed by atoms with Crippen LogP contribution in [0.2, 0.25) is 0 Å². The first-order valence-corrected chi connectivity index (χ1v) is 7.21. The molecule has 3 aromatic rings. The molecule has 0 unspecified atom stereocenters. The smallest absolute Gasteiger partial charge is 0.211 e. The van der Waals surface area contributed by atoms with E-state index >= 15 is 0 Å². The van der Waals surface area contributed by atoms with Crippen molar-refractivity contribution < 1.29 is 9.53 Å². The number of nitrogens with zero attached hydrogens (tertiary/aromatic N) is 3. The minimum absolute atomic E-state index is 0.577. The molecule has 5 nitrogen and oxygen atoms in total. The molecule has 106 valence electrons. The number of hydrogen-bond acceptors (Lipinski definition) is 5. The molecule has 0 aliphatic heterocycles. The highest BCUT2D eigenvalue weighted by Gasteiger charge is 2.12. The summed E-state index contributed by atoms with van der Waals surface area (Å²) in [6.07, 6.45) is 2.35. The van der Waals surface area contributed by atoms with Crippen LogP contribution in [-0.4, -0.2) is 28.2 Å². The van der Waals surface area contributed by atoms with E-state index in [9.17, 15) is 4.79 Å². The number of methoxy groups -OCH3 is 1. The second-order valence-corrected chi connectivity index (χ2v) is 5.30. The quantitative estimate of drug-likeness (QED) is 0.695. The third-order valence-corrected chi connectivity index (χ3v) is 4.03. The molecule has 0 spiro atoms. The van der Waals surface area contributed by atoms with Gasteiger partial charge in [0.15, 0.2) is 6.29 Å². The van der Waals surface area contributed by atoms with Gasteiger partial charge in [-0.1, -0.05) is 12.1 Å². The van der Waals surface area contributed by atoms with Gasteiger partial charge in [0, 0.05) is 10.9 Å². The van der Waals surface area contributed by atoms with E-state index in [1.807, 2.05) is 36.6 Å². The summed E-state index contributed by atoms with van der Waals surface area (Å²) in [5.41, 5.74) is 3.21. The molecule has 0 saturated heterocycles. The van der Waals surface area contributed by atoms with Gasteiger partial charge in [-0.05, 0) is 19.1 Å². The summed E-state index contributed by atoms with van der Waals surface area (Å²) >= 11 is 1.48. The van der Waals surface area contributed by atoms with E-state index in [0.717, 1.165) is 34.1 Å². The Bertz CT molecular complexity index is 792. The van der Waals surface area contributed by atoms with E-state index in [0.29, 0.717) is 5.56 Å². The van der Waals surface area contributed by atoms with Crippen molar-refractivity contribution in [2.24, 2.45) is 0 Å². The molecule has 0 aliphatic carbocycles. The van der Waals surface area contributed by atoms with Crippen molar-refractivity contribution in [3.05, 3.63) is 47.1 Å². The third kappa shape index (κ3) is 2.45. The third-order valence-electron chi connectivity index (χ3n) is 3.21. The van der Waals surface area contributed by atoms with Crippen LogP contribution in [0.1, 0.15) is 16.1 Å². The summed E-state index contributed by atoms with van der Waals surface area (Å²) < 4.78 is 6.90. The summed E-state index contributed by atoms with van der Waals surface area (Å²) in [6.45, 7) is 1.85. The van der Waals surface area contributed by atoms with Crippen LogP contribution in [0.5, 0.6) is 5.75 Å². The molecule has 0 N–H and O–H groups in total. The van der Waals surface area contributed by atoms with Gasteiger partial charge in [0.2, 0.25) is 5.13 Å². The van der Waals surface area contributed by atoms with E-state index in [1.165, 1.54) is 11.3 Å². The molecular formula is C15H13N3O2S. The van der Waals surface area contributed by atoms with E-state index in [2.05, 4.69) is 10.1 Å². The molecule has 0 radical (unpaired) electrons. The van der Waals surface area contributed by atoms with E-state index in [4.69, 9.17) is 4.74 Å². The number of carbonyl (C=O) groups is 1. The minimum atomic E-state index is 0.577. The second-order valence-electron chi connectivity index (χ2n) is 4.46. The lowest BCUT2D eigenvalue weighted by Crippen LogP contribution is -1.98. The summed E-state index contributed by atoms with van der Waals surface area (Å²) in [4.78, 5) is 15.5. The molecule has 21 heavy (non-hydrogen) atoms. The zero-order valence-electron chi connectivity index (χ0n) is 11.6. The van der Waals surface area contributed by atoms with Gasteiger partial charge in [-0.15, -0.1) is 11.3 Å². The summed E-state index contributed by atoms with van der Waals surface area (Å²) in [6, 6.07) is 7.74. The van der Waals surface area contributed by atoms with Crippen molar-refractivity contribution in [1.82, 2.24) is 14.8 Å². The number of hydrogen-bond donors (Lipinski definition) is 0. The van der Waals surface area contributed by atoms with Gasteiger partial charge in [-0.2, -0.15) is 5.10 Å². The fourth-order valence-corrected chi connectivity index (χ4v) is 2.85. The Morgan fingerprint density at radius 3 is 2.95 bits per heavy atom. The highest BCUT2D eigenvalue weighted by molar-refractivity contribution is 7.12. The number of thiazole rings is 1. The molecule has 6 heteroatoms. The normalized spacial score (nSPS) is 10.6. The lowest BCUT2D eigenvalue weighted by atomic mass is 10.2. The van der Waals surface area contributed by atoms with Crippen molar-refractivity contribution >= 4 is 17.6 Å². The van der Waals surface area contributed by atoms with Gasteiger partial charge in [-0.25, -0.2) is 9.67 Å². The molecular weight excluding hydrogens is 286 g/mol. The zero-order valence-corrected chi connectivity index (χ0v) is 12.4. The van der Waals surface area contributed by atoms with Crippen LogP contribution in [-0.2, 0) is 0 Å². The Kier molecular flexibility index (Phi) is 3.53. The van der Waals surface area contributed by atoms with Crippen molar-refractivity contribution in [3.63, 3.8) is 0 Å².